The largest absolute Gasteiger partial charge is 0.286 e. The molecule has 0 aliphatic heterocycles. The van der Waals surface area contributed by atoms with E-state index in [4.69, 9.17) is 0 Å². The van der Waals surface area contributed by atoms with Crippen LogP contribution in [-0.2, 0) is 4.57 Å². The molecule has 0 aromatic carbocycles. The third kappa shape index (κ3) is 2.55. The molecule has 2 heteroatoms. The minimum atomic E-state index is -1.12. The zero-order valence-corrected chi connectivity index (χ0v) is 10.2. The molecule has 0 bridgehead atoms. The van der Waals surface area contributed by atoms with Crippen LogP contribution >= 0.6 is 7.80 Å². The van der Waals surface area contributed by atoms with Gasteiger partial charge in [0.2, 0.25) is 0 Å². The molecule has 0 rings (SSSR count). The molecule has 0 unspecified atom stereocenters. The maximum absolute atomic E-state index is 12.1. The first-order valence-electron chi connectivity index (χ1n) is 4.75. The average Bonchev–Trinajstić information content (AvgIpc) is 2.03. The smallest absolute Gasteiger partial charge is 0.0833 e. The fraction of sp³-hybridized carbons (Fsp3) is 1.00. The molecule has 1 radical (unpaired) electrons. The Morgan fingerprint density at radius 1 is 0.917 bits per heavy atom. The molecule has 0 atom stereocenters. The summed E-state index contributed by atoms with van der Waals surface area (Å²) in [6, 6.07) is 0. The van der Waals surface area contributed by atoms with E-state index in [9.17, 15) is 4.57 Å². The van der Waals surface area contributed by atoms with E-state index < -0.39 is 7.80 Å². The van der Waals surface area contributed by atoms with E-state index in [2.05, 4.69) is 41.5 Å². The van der Waals surface area contributed by atoms with Gasteiger partial charge in [-0.15, -0.1) is 0 Å². The average molecular weight is 189 g/mol. The second-order valence-corrected chi connectivity index (χ2v) is 7.64. The van der Waals surface area contributed by atoms with Gasteiger partial charge in [-0.1, -0.05) is 13.8 Å². The van der Waals surface area contributed by atoms with Crippen LogP contribution in [0.5, 0.6) is 0 Å². The Hall–Kier alpha value is 0.100. The molecule has 0 spiro atoms. The molecule has 0 aromatic rings. The number of hydrogen-bond acceptors (Lipinski definition) is 1. The van der Waals surface area contributed by atoms with Crippen molar-refractivity contribution in [1.29, 1.82) is 0 Å². The highest BCUT2D eigenvalue weighted by Gasteiger charge is 2.35. The van der Waals surface area contributed by atoms with E-state index in [1.54, 1.807) is 0 Å². The van der Waals surface area contributed by atoms with Crippen molar-refractivity contribution < 1.29 is 4.57 Å². The maximum Gasteiger partial charge on any atom is 0.0833 e. The number of hydrogen-bond donors (Lipinski definition) is 0. The second-order valence-electron chi connectivity index (χ2n) is 4.63. The van der Waals surface area contributed by atoms with Gasteiger partial charge < -0.3 is 0 Å². The monoisotopic (exact) mass is 189 g/mol. The lowest BCUT2D eigenvalue weighted by atomic mass is 10.1. The van der Waals surface area contributed by atoms with Crippen molar-refractivity contribution in [3.8, 4) is 0 Å². The Morgan fingerprint density at radius 3 is 1.33 bits per heavy atom. The predicted octanol–water partition coefficient (Wildman–Crippen LogP) is 4.19. The first kappa shape index (κ1) is 12.1. The van der Waals surface area contributed by atoms with Gasteiger partial charge in [-0.05, 0) is 40.5 Å². The summed E-state index contributed by atoms with van der Waals surface area (Å²) < 4.78 is 12.1. The van der Waals surface area contributed by atoms with Crippen LogP contribution in [-0.4, -0.2) is 10.3 Å². The summed E-state index contributed by atoms with van der Waals surface area (Å²) in [5, 5.41) is -0.0102. The van der Waals surface area contributed by atoms with E-state index in [1.165, 1.54) is 0 Å². The van der Waals surface area contributed by atoms with Crippen molar-refractivity contribution in [2.45, 2.75) is 64.7 Å². The van der Waals surface area contributed by atoms with Crippen molar-refractivity contribution >= 4 is 7.80 Å². The van der Waals surface area contributed by atoms with Crippen molar-refractivity contribution in [3.63, 3.8) is 0 Å². The van der Waals surface area contributed by atoms with Crippen LogP contribution in [0.4, 0.5) is 0 Å². The highest BCUT2D eigenvalue weighted by molar-refractivity contribution is 7.48. The Kier molecular flexibility index (Phi) is 3.90. The van der Waals surface area contributed by atoms with Crippen LogP contribution in [0.15, 0.2) is 0 Å². The molecule has 0 N–H and O–H groups in total. The Morgan fingerprint density at radius 2 is 1.17 bits per heavy atom. The van der Waals surface area contributed by atoms with Gasteiger partial charge >= 0.3 is 0 Å². The summed E-state index contributed by atoms with van der Waals surface area (Å²) in [5.41, 5.74) is 0. The van der Waals surface area contributed by atoms with Crippen molar-refractivity contribution in [2.75, 3.05) is 0 Å². The van der Waals surface area contributed by atoms with Crippen LogP contribution in [0.2, 0.25) is 0 Å². The first-order chi connectivity index (χ1) is 5.28. The minimum absolute atomic E-state index is 0.00512. The summed E-state index contributed by atoms with van der Waals surface area (Å²) in [6.07, 6.45) is 1.98. The standard InChI is InChI=1S/C10H22OP/c1-7-9(3,4)12(11)10(5,6)8-2/h7-8H2,1-6H3. The molecule has 12 heavy (non-hydrogen) atoms. The molecular weight excluding hydrogens is 167 g/mol. The molecular formula is C10H22OP. The third-order valence-corrected chi connectivity index (χ3v) is 5.66. The summed E-state index contributed by atoms with van der Waals surface area (Å²) in [6.45, 7) is 12.6. The summed E-state index contributed by atoms with van der Waals surface area (Å²) in [5.74, 6) is 0. The molecule has 0 heterocycles. The van der Waals surface area contributed by atoms with Crippen LogP contribution < -0.4 is 0 Å². The fourth-order valence-electron chi connectivity index (χ4n) is 1.11. The van der Waals surface area contributed by atoms with Crippen LogP contribution in [0.3, 0.4) is 0 Å². The highest BCUT2D eigenvalue weighted by Crippen LogP contribution is 2.52. The van der Waals surface area contributed by atoms with Crippen molar-refractivity contribution in [1.82, 2.24) is 0 Å². The van der Waals surface area contributed by atoms with E-state index >= 15 is 0 Å². The molecule has 0 aromatic heterocycles. The Balaban J connectivity index is 4.60. The van der Waals surface area contributed by atoms with E-state index in [-0.39, 0.29) is 10.3 Å². The lowest BCUT2D eigenvalue weighted by Gasteiger charge is -2.32. The van der Waals surface area contributed by atoms with E-state index in [0.717, 1.165) is 12.8 Å². The summed E-state index contributed by atoms with van der Waals surface area (Å²) in [4.78, 5) is 0. The zero-order valence-electron chi connectivity index (χ0n) is 9.27. The Labute approximate surface area is 77.7 Å². The molecule has 1 nitrogen and oxygen atoms in total. The van der Waals surface area contributed by atoms with Gasteiger partial charge in [0.1, 0.15) is 0 Å². The molecule has 0 aliphatic carbocycles. The van der Waals surface area contributed by atoms with Gasteiger partial charge in [0.25, 0.3) is 0 Å². The summed E-state index contributed by atoms with van der Waals surface area (Å²) in [7, 11) is -1.12. The van der Waals surface area contributed by atoms with Crippen LogP contribution in [0, 0.1) is 0 Å². The lowest BCUT2D eigenvalue weighted by molar-refractivity contribution is 0.508. The molecule has 0 saturated carbocycles. The van der Waals surface area contributed by atoms with Crippen LogP contribution in [0.25, 0.3) is 0 Å². The van der Waals surface area contributed by atoms with Gasteiger partial charge in [-0.25, -0.2) is 0 Å². The van der Waals surface area contributed by atoms with Crippen LogP contribution in [0.1, 0.15) is 54.4 Å². The van der Waals surface area contributed by atoms with Gasteiger partial charge in [0.05, 0.1) is 7.80 Å². The molecule has 0 amide bonds. The van der Waals surface area contributed by atoms with Gasteiger partial charge in [0.15, 0.2) is 0 Å². The van der Waals surface area contributed by atoms with E-state index in [1.807, 2.05) is 0 Å². The highest BCUT2D eigenvalue weighted by atomic mass is 31.1. The number of rotatable bonds is 4. The first-order valence-corrected chi connectivity index (χ1v) is 6.01. The third-order valence-electron chi connectivity index (χ3n) is 2.83. The van der Waals surface area contributed by atoms with Gasteiger partial charge in [-0.2, -0.15) is 0 Å². The second kappa shape index (κ2) is 3.87. The SMILES string of the molecule is CCC(C)(C)[P](=O)C(C)(C)CC. The quantitative estimate of drug-likeness (QED) is 0.606. The van der Waals surface area contributed by atoms with Gasteiger partial charge in [-0.3, -0.25) is 4.57 Å². The Bertz CT molecular complexity index is 153. The molecule has 0 saturated heterocycles. The zero-order chi connectivity index (χ0) is 9.99. The normalized spacial score (nSPS) is 13.2. The minimum Gasteiger partial charge on any atom is -0.286 e. The molecule has 0 aliphatic rings. The topological polar surface area (TPSA) is 17.1 Å². The van der Waals surface area contributed by atoms with E-state index in [0.29, 0.717) is 0 Å². The van der Waals surface area contributed by atoms with Gasteiger partial charge in [0, 0.05) is 10.3 Å². The maximum atomic E-state index is 12.1. The molecule has 0 fully saturated rings. The lowest BCUT2D eigenvalue weighted by Crippen LogP contribution is -2.24. The molecule has 73 valence electrons. The predicted molar refractivity (Wildman–Crippen MR) is 56.3 cm³/mol. The fourth-order valence-corrected chi connectivity index (χ4v) is 3.32. The van der Waals surface area contributed by atoms with Crippen molar-refractivity contribution in [3.05, 3.63) is 0 Å². The summed E-state index contributed by atoms with van der Waals surface area (Å²) >= 11 is 0. The van der Waals surface area contributed by atoms with Crippen molar-refractivity contribution in [2.24, 2.45) is 0 Å².